The van der Waals surface area contributed by atoms with Crippen molar-refractivity contribution in [3.05, 3.63) is 70.8 Å². The van der Waals surface area contributed by atoms with Gasteiger partial charge in [0.1, 0.15) is 0 Å². The fraction of sp³-hybridized carbons (Fsp3) is 0.316. The summed E-state index contributed by atoms with van der Waals surface area (Å²) in [5.74, 6) is 1.26. The van der Waals surface area contributed by atoms with Crippen LogP contribution in [0.4, 0.5) is 0 Å². The minimum absolute atomic E-state index is 0.134. The van der Waals surface area contributed by atoms with Crippen LogP contribution < -0.4 is 0 Å². The Morgan fingerprint density at radius 2 is 1.60 bits per heavy atom. The highest BCUT2D eigenvalue weighted by Crippen LogP contribution is 2.41. The summed E-state index contributed by atoms with van der Waals surface area (Å²) in [6.45, 7) is 3.93. The van der Waals surface area contributed by atoms with Gasteiger partial charge in [0.2, 0.25) is 0 Å². The molecular formula is C19H20O. The molecule has 0 aliphatic heterocycles. The fourth-order valence-electron chi connectivity index (χ4n) is 3.30. The lowest BCUT2D eigenvalue weighted by molar-refractivity contribution is 0.101. The van der Waals surface area contributed by atoms with E-state index in [1.807, 2.05) is 12.1 Å². The van der Waals surface area contributed by atoms with E-state index in [9.17, 15) is 4.79 Å². The molecule has 0 bridgehead atoms. The van der Waals surface area contributed by atoms with E-state index in [2.05, 4.69) is 43.3 Å². The van der Waals surface area contributed by atoms with Gasteiger partial charge in [-0.05, 0) is 42.4 Å². The smallest absolute Gasteiger partial charge is 0.159 e. The number of fused-ring (bicyclic) bond motifs is 1. The first-order valence-electron chi connectivity index (χ1n) is 7.36. The molecule has 0 heterocycles. The molecule has 2 aromatic carbocycles. The van der Waals surface area contributed by atoms with Crippen LogP contribution in [0.5, 0.6) is 0 Å². The van der Waals surface area contributed by atoms with Crippen LogP contribution in [0, 0.1) is 0 Å². The lowest BCUT2D eigenvalue weighted by atomic mass is 9.74. The van der Waals surface area contributed by atoms with Gasteiger partial charge in [0.25, 0.3) is 0 Å². The molecule has 102 valence electrons. The molecule has 0 spiro atoms. The molecule has 1 aliphatic rings. The van der Waals surface area contributed by atoms with Gasteiger partial charge in [0.05, 0.1) is 0 Å². The monoisotopic (exact) mass is 264 g/mol. The van der Waals surface area contributed by atoms with Gasteiger partial charge >= 0.3 is 0 Å². The van der Waals surface area contributed by atoms with Gasteiger partial charge in [-0.3, -0.25) is 4.79 Å². The standard InChI is InChI=1S/C19H20O/c1-13-7-12-18(19-6-4-3-5-17(13)19)16-10-8-15(9-11-16)14(2)20/h3-6,8-11,13,18H,7,12H2,1-2H3/t13-,18?/m1/s1. The summed E-state index contributed by atoms with van der Waals surface area (Å²) in [6, 6.07) is 16.9. The Bertz CT molecular complexity index is 624. The molecule has 2 atom stereocenters. The maximum absolute atomic E-state index is 11.4. The predicted octanol–water partition coefficient (Wildman–Crippen LogP) is 4.92. The number of benzene rings is 2. The van der Waals surface area contributed by atoms with Crippen LogP contribution in [0.1, 0.15) is 65.6 Å². The molecule has 20 heavy (non-hydrogen) atoms. The first-order chi connectivity index (χ1) is 9.66. The Balaban J connectivity index is 1.99. The third-order valence-electron chi connectivity index (χ3n) is 4.51. The molecule has 1 nitrogen and oxygen atoms in total. The van der Waals surface area contributed by atoms with Crippen LogP contribution in [0.25, 0.3) is 0 Å². The average Bonchev–Trinajstić information content (AvgIpc) is 2.48. The maximum atomic E-state index is 11.4. The van der Waals surface area contributed by atoms with E-state index in [0.29, 0.717) is 11.8 Å². The van der Waals surface area contributed by atoms with Gasteiger partial charge in [-0.2, -0.15) is 0 Å². The van der Waals surface area contributed by atoms with E-state index in [4.69, 9.17) is 0 Å². The third-order valence-corrected chi connectivity index (χ3v) is 4.51. The zero-order valence-corrected chi connectivity index (χ0v) is 12.1. The van der Waals surface area contributed by atoms with Crippen molar-refractivity contribution in [2.24, 2.45) is 0 Å². The number of ketones is 1. The zero-order chi connectivity index (χ0) is 14.1. The Labute approximate surface area is 120 Å². The lowest BCUT2D eigenvalue weighted by Crippen LogP contribution is -2.13. The normalized spacial score (nSPS) is 21.3. The summed E-state index contributed by atoms with van der Waals surface area (Å²) in [6.07, 6.45) is 2.42. The van der Waals surface area contributed by atoms with Crippen molar-refractivity contribution < 1.29 is 4.79 Å². The summed E-state index contributed by atoms with van der Waals surface area (Å²) >= 11 is 0. The minimum atomic E-state index is 0.134. The second-order valence-electron chi connectivity index (χ2n) is 5.84. The van der Waals surface area contributed by atoms with Crippen LogP contribution in [0.15, 0.2) is 48.5 Å². The van der Waals surface area contributed by atoms with Crippen LogP contribution in [0.3, 0.4) is 0 Å². The molecule has 1 unspecified atom stereocenters. The Morgan fingerprint density at radius 1 is 0.950 bits per heavy atom. The highest BCUT2D eigenvalue weighted by atomic mass is 16.1. The molecule has 0 N–H and O–H groups in total. The SMILES string of the molecule is CC(=O)c1ccc(C2CC[C@@H](C)c3ccccc32)cc1. The molecule has 0 fully saturated rings. The van der Waals surface area contributed by atoms with Crippen molar-refractivity contribution >= 4 is 5.78 Å². The van der Waals surface area contributed by atoms with E-state index < -0.39 is 0 Å². The summed E-state index contributed by atoms with van der Waals surface area (Å²) in [7, 11) is 0. The van der Waals surface area contributed by atoms with Crippen LogP contribution in [-0.4, -0.2) is 5.78 Å². The largest absolute Gasteiger partial charge is 0.295 e. The maximum Gasteiger partial charge on any atom is 0.159 e. The van der Waals surface area contributed by atoms with Crippen molar-refractivity contribution in [1.82, 2.24) is 0 Å². The Hall–Kier alpha value is -1.89. The van der Waals surface area contributed by atoms with Crippen molar-refractivity contribution in [2.75, 3.05) is 0 Å². The molecular weight excluding hydrogens is 244 g/mol. The molecule has 0 radical (unpaired) electrons. The second kappa shape index (κ2) is 5.24. The van der Waals surface area contributed by atoms with Crippen molar-refractivity contribution in [1.29, 1.82) is 0 Å². The number of carbonyl (C=O) groups excluding carboxylic acids is 1. The van der Waals surface area contributed by atoms with Crippen LogP contribution in [-0.2, 0) is 0 Å². The highest BCUT2D eigenvalue weighted by molar-refractivity contribution is 5.94. The quantitative estimate of drug-likeness (QED) is 0.704. The molecule has 0 saturated carbocycles. The Morgan fingerprint density at radius 3 is 2.25 bits per heavy atom. The van der Waals surface area contributed by atoms with Crippen LogP contribution >= 0.6 is 0 Å². The van der Waals surface area contributed by atoms with Gasteiger partial charge in [-0.25, -0.2) is 0 Å². The number of Topliss-reactive ketones (excluding diaryl/α,β-unsaturated/α-hetero) is 1. The van der Waals surface area contributed by atoms with E-state index in [1.54, 1.807) is 6.92 Å². The number of hydrogen-bond donors (Lipinski definition) is 0. The molecule has 1 heteroatoms. The molecule has 0 amide bonds. The first-order valence-corrected chi connectivity index (χ1v) is 7.36. The molecule has 0 saturated heterocycles. The minimum Gasteiger partial charge on any atom is -0.295 e. The lowest BCUT2D eigenvalue weighted by Gasteiger charge is -2.30. The van der Waals surface area contributed by atoms with Crippen molar-refractivity contribution in [2.45, 2.75) is 38.5 Å². The third kappa shape index (κ3) is 2.29. The average molecular weight is 264 g/mol. The van der Waals surface area contributed by atoms with Gasteiger partial charge in [-0.1, -0.05) is 55.5 Å². The second-order valence-corrected chi connectivity index (χ2v) is 5.84. The topological polar surface area (TPSA) is 17.1 Å². The summed E-state index contributed by atoms with van der Waals surface area (Å²) in [4.78, 5) is 11.4. The zero-order valence-electron chi connectivity index (χ0n) is 12.1. The molecule has 3 rings (SSSR count). The van der Waals surface area contributed by atoms with Gasteiger partial charge in [0.15, 0.2) is 5.78 Å². The van der Waals surface area contributed by atoms with Gasteiger partial charge in [0, 0.05) is 11.5 Å². The fourth-order valence-corrected chi connectivity index (χ4v) is 3.30. The van der Waals surface area contributed by atoms with E-state index in [0.717, 1.165) is 5.56 Å². The number of hydrogen-bond acceptors (Lipinski definition) is 1. The number of carbonyl (C=O) groups is 1. The van der Waals surface area contributed by atoms with Crippen molar-refractivity contribution in [3.63, 3.8) is 0 Å². The van der Waals surface area contributed by atoms with E-state index >= 15 is 0 Å². The first kappa shape index (κ1) is 13.1. The summed E-state index contributed by atoms with van der Waals surface area (Å²) < 4.78 is 0. The summed E-state index contributed by atoms with van der Waals surface area (Å²) in [5.41, 5.74) is 5.07. The Kier molecular flexibility index (Phi) is 3.43. The molecule has 1 aliphatic carbocycles. The van der Waals surface area contributed by atoms with Crippen LogP contribution in [0.2, 0.25) is 0 Å². The van der Waals surface area contributed by atoms with E-state index in [1.165, 1.54) is 29.5 Å². The molecule has 2 aromatic rings. The van der Waals surface area contributed by atoms with Crippen molar-refractivity contribution in [3.8, 4) is 0 Å². The van der Waals surface area contributed by atoms with E-state index in [-0.39, 0.29) is 5.78 Å². The number of rotatable bonds is 2. The predicted molar refractivity (Wildman–Crippen MR) is 82.4 cm³/mol. The highest BCUT2D eigenvalue weighted by Gasteiger charge is 2.25. The van der Waals surface area contributed by atoms with Gasteiger partial charge in [-0.15, -0.1) is 0 Å². The summed E-state index contributed by atoms with van der Waals surface area (Å²) in [5, 5.41) is 0. The van der Waals surface area contributed by atoms with Gasteiger partial charge < -0.3 is 0 Å². The molecule has 0 aromatic heterocycles.